The molecule has 1 heterocycles. The molecule has 1 aromatic heterocycles. The summed E-state index contributed by atoms with van der Waals surface area (Å²) in [6.07, 6.45) is 17.0. The molecule has 3 aromatic rings. The number of hydrogen-bond donors (Lipinski definition) is 0. The highest BCUT2D eigenvalue weighted by Gasteiger charge is 2.15. The Balaban J connectivity index is 1.51. The summed E-state index contributed by atoms with van der Waals surface area (Å²) in [4.78, 5) is 21.1. The number of hydrogen-bond acceptors (Lipinski definition) is 4. The molecule has 4 nitrogen and oxygen atoms in total. The standard InChI is InChI=1S/C31H39FN2O2/c1-3-5-7-9-10-12-14-25-17-20-30(27(32)21-25)36-31(35)29-23-33-28(22-34-29)26-18-15-24(16-19-26)13-11-8-6-4-2/h15-23H,3-14H2,1-2H3. The molecule has 0 aliphatic heterocycles. The normalized spacial score (nSPS) is 11.0. The van der Waals surface area contributed by atoms with Crippen molar-refractivity contribution in [2.75, 3.05) is 0 Å². The van der Waals surface area contributed by atoms with E-state index < -0.39 is 11.8 Å². The van der Waals surface area contributed by atoms with Crippen molar-refractivity contribution < 1.29 is 13.9 Å². The highest BCUT2D eigenvalue weighted by atomic mass is 19.1. The molecule has 36 heavy (non-hydrogen) atoms. The molecule has 0 unspecified atom stereocenters. The average Bonchev–Trinajstić information content (AvgIpc) is 2.90. The number of rotatable bonds is 15. The van der Waals surface area contributed by atoms with Crippen molar-refractivity contribution in [2.45, 2.75) is 90.9 Å². The Kier molecular flexibility index (Phi) is 11.6. The van der Waals surface area contributed by atoms with Gasteiger partial charge < -0.3 is 4.74 Å². The molecule has 5 heteroatoms. The van der Waals surface area contributed by atoms with Crippen LogP contribution >= 0.6 is 0 Å². The van der Waals surface area contributed by atoms with Crippen LogP contribution in [-0.2, 0) is 12.8 Å². The molecule has 0 radical (unpaired) electrons. The van der Waals surface area contributed by atoms with Crippen molar-refractivity contribution >= 4 is 5.97 Å². The lowest BCUT2D eigenvalue weighted by atomic mass is 10.0. The maximum Gasteiger partial charge on any atom is 0.364 e. The highest BCUT2D eigenvalue weighted by molar-refractivity contribution is 5.88. The molecule has 0 saturated carbocycles. The minimum atomic E-state index is -0.723. The first-order valence-corrected chi connectivity index (χ1v) is 13.5. The molecule has 0 fully saturated rings. The van der Waals surface area contributed by atoms with Gasteiger partial charge in [0.25, 0.3) is 0 Å². The van der Waals surface area contributed by atoms with E-state index in [4.69, 9.17) is 4.74 Å². The first kappa shape index (κ1) is 27.5. The molecular formula is C31H39FN2O2. The third kappa shape index (κ3) is 8.85. The van der Waals surface area contributed by atoms with Crippen molar-refractivity contribution in [3.63, 3.8) is 0 Å². The van der Waals surface area contributed by atoms with Gasteiger partial charge >= 0.3 is 5.97 Å². The summed E-state index contributed by atoms with van der Waals surface area (Å²) in [5.41, 5.74) is 3.88. The number of esters is 1. The van der Waals surface area contributed by atoms with E-state index >= 15 is 0 Å². The van der Waals surface area contributed by atoms with Crippen molar-refractivity contribution in [1.82, 2.24) is 9.97 Å². The van der Waals surface area contributed by atoms with Gasteiger partial charge in [0.2, 0.25) is 0 Å². The van der Waals surface area contributed by atoms with E-state index in [1.54, 1.807) is 6.20 Å². The molecule has 2 aromatic carbocycles. The lowest BCUT2D eigenvalue weighted by molar-refractivity contribution is 0.0721. The van der Waals surface area contributed by atoms with E-state index in [0.717, 1.165) is 36.8 Å². The van der Waals surface area contributed by atoms with Gasteiger partial charge in [-0.05, 0) is 48.9 Å². The Morgan fingerprint density at radius 2 is 1.36 bits per heavy atom. The first-order valence-electron chi connectivity index (χ1n) is 13.5. The lowest BCUT2D eigenvalue weighted by Crippen LogP contribution is -2.12. The van der Waals surface area contributed by atoms with Crippen LogP contribution in [0, 0.1) is 5.82 Å². The second-order valence-electron chi connectivity index (χ2n) is 9.47. The van der Waals surface area contributed by atoms with E-state index in [9.17, 15) is 9.18 Å². The summed E-state index contributed by atoms with van der Waals surface area (Å²) in [5, 5.41) is 0. The fraction of sp³-hybridized carbons (Fsp3) is 0.452. The molecule has 0 spiro atoms. The van der Waals surface area contributed by atoms with Crippen LogP contribution in [0.1, 0.15) is 99.7 Å². The smallest absolute Gasteiger partial charge is 0.364 e. The van der Waals surface area contributed by atoms with Crippen LogP contribution in [-0.4, -0.2) is 15.9 Å². The molecule has 0 N–H and O–H groups in total. The van der Waals surface area contributed by atoms with E-state index in [-0.39, 0.29) is 11.4 Å². The zero-order chi connectivity index (χ0) is 25.6. The fourth-order valence-corrected chi connectivity index (χ4v) is 4.22. The number of halogens is 1. The number of unbranched alkanes of at least 4 members (excludes halogenated alkanes) is 8. The highest BCUT2D eigenvalue weighted by Crippen LogP contribution is 2.22. The van der Waals surface area contributed by atoms with E-state index in [1.807, 2.05) is 18.2 Å². The predicted molar refractivity (Wildman–Crippen MR) is 144 cm³/mol. The molecule has 0 amide bonds. The van der Waals surface area contributed by atoms with Crippen LogP contribution in [0.2, 0.25) is 0 Å². The van der Waals surface area contributed by atoms with Crippen LogP contribution < -0.4 is 4.74 Å². The summed E-state index contributed by atoms with van der Waals surface area (Å²) >= 11 is 0. The molecule has 0 bridgehead atoms. The van der Waals surface area contributed by atoms with Gasteiger partial charge in [0.15, 0.2) is 17.3 Å². The largest absolute Gasteiger partial charge is 0.419 e. The first-order chi connectivity index (χ1) is 17.6. The fourth-order valence-electron chi connectivity index (χ4n) is 4.22. The number of ether oxygens (including phenoxy) is 1. The topological polar surface area (TPSA) is 52.1 Å². The molecule has 3 rings (SSSR count). The summed E-state index contributed by atoms with van der Waals surface area (Å²) in [5.74, 6) is -1.35. The molecule has 0 saturated heterocycles. The number of aromatic nitrogens is 2. The predicted octanol–water partition coefficient (Wildman–Crippen LogP) is 8.53. The maximum atomic E-state index is 14.5. The van der Waals surface area contributed by atoms with Crippen molar-refractivity contribution in [3.8, 4) is 17.0 Å². The van der Waals surface area contributed by atoms with Crippen LogP contribution in [0.3, 0.4) is 0 Å². The second kappa shape index (κ2) is 15.1. The van der Waals surface area contributed by atoms with Gasteiger partial charge in [0.05, 0.1) is 18.1 Å². The summed E-state index contributed by atoms with van der Waals surface area (Å²) in [6, 6.07) is 13.1. The zero-order valence-corrected chi connectivity index (χ0v) is 21.8. The molecule has 0 aliphatic carbocycles. The third-order valence-corrected chi connectivity index (χ3v) is 6.45. The van der Waals surface area contributed by atoms with E-state index in [0.29, 0.717) is 5.69 Å². The number of nitrogens with zero attached hydrogens (tertiary/aromatic N) is 2. The van der Waals surface area contributed by atoms with Crippen molar-refractivity contribution in [3.05, 3.63) is 77.5 Å². The third-order valence-electron chi connectivity index (χ3n) is 6.45. The molecule has 192 valence electrons. The van der Waals surface area contributed by atoms with Crippen LogP contribution in [0.4, 0.5) is 4.39 Å². The second-order valence-corrected chi connectivity index (χ2v) is 9.47. The Morgan fingerprint density at radius 1 is 0.750 bits per heavy atom. The van der Waals surface area contributed by atoms with Crippen molar-refractivity contribution in [2.24, 2.45) is 0 Å². The van der Waals surface area contributed by atoms with Gasteiger partial charge in [-0.25, -0.2) is 14.2 Å². The van der Waals surface area contributed by atoms with Gasteiger partial charge in [-0.1, -0.05) is 95.5 Å². The van der Waals surface area contributed by atoms with Crippen LogP contribution in [0.25, 0.3) is 11.3 Å². The van der Waals surface area contributed by atoms with Gasteiger partial charge in [0, 0.05) is 5.56 Å². The number of aryl methyl sites for hydroxylation is 2. The molecule has 0 atom stereocenters. The Labute approximate surface area is 215 Å². The minimum Gasteiger partial charge on any atom is -0.419 e. The van der Waals surface area contributed by atoms with Crippen molar-refractivity contribution in [1.29, 1.82) is 0 Å². The number of benzene rings is 2. The van der Waals surface area contributed by atoms with Gasteiger partial charge in [-0.15, -0.1) is 0 Å². The SMILES string of the molecule is CCCCCCCCc1ccc(OC(=O)c2cnc(-c3ccc(CCCCCC)cc3)cn2)c(F)c1. The Hall–Kier alpha value is -3.08. The van der Waals surface area contributed by atoms with Gasteiger partial charge in [0.1, 0.15) is 0 Å². The molecule has 0 aliphatic rings. The zero-order valence-electron chi connectivity index (χ0n) is 21.8. The minimum absolute atomic E-state index is 0.0434. The van der Waals surface area contributed by atoms with Gasteiger partial charge in [-0.2, -0.15) is 0 Å². The molecular weight excluding hydrogens is 451 g/mol. The monoisotopic (exact) mass is 490 g/mol. The lowest BCUT2D eigenvalue weighted by Gasteiger charge is -2.08. The van der Waals surface area contributed by atoms with Crippen LogP contribution in [0.15, 0.2) is 54.9 Å². The average molecular weight is 491 g/mol. The summed E-state index contributed by atoms with van der Waals surface area (Å²) in [7, 11) is 0. The summed E-state index contributed by atoms with van der Waals surface area (Å²) < 4.78 is 19.8. The number of carbonyl (C=O) groups is 1. The maximum absolute atomic E-state index is 14.5. The van der Waals surface area contributed by atoms with Gasteiger partial charge in [-0.3, -0.25) is 4.98 Å². The van der Waals surface area contributed by atoms with E-state index in [2.05, 4.69) is 35.9 Å². The Bertz CT molecular complexity index is 1060. The van der Waals surface area contributed by atoms with E-state index in [1.165, 1.54) is 75.3 Å². The number of carbonyl (C=O) groups excluding carboxylic acids is 1. The van der Waals surface area contributed by atoms with Crippen LogP contribution in [0.5, 0.6) is 5.75 Å². The quantitative estimate of drug-likeness (QED) is 0.122. The Morgan fingerprint density at radius 3 is 2.00 bits per heavy atom. The summed E-state index contributed by atoms with van der Waals surface area (Å²) in [6.45, 7) is 4.42.